The molecule has 1 unspecified atom stereocenters. The van der Waals surface area contributed by atoms with Gasteiger partial charge < -0.3 is 24.6 Å². The summed E-state index contributed by atoms with van der Waals surface area (Å²) in [6.45, 7) is 5.21. The first-order chi connectivity index (χ1) is 25.4. The predicted molar refractivity (Wildman–Crippen MR) is 204 cm³/mol. The normalized spacial score (nSPS) is 35.1. The zero-order valence-corrected chi connectivity index (χ0v) is 31.5. The number of Topliss-reactive ketones (excluding diaryl/α,β-unsaturated/α-hetero) is 1. The second kappa shape index (κ2) is 13.0. The van der Waals surface area contributed by atoms with Gasteiger partial charge in [0.1, 0.15) is 0 Å². The number of rotatable bonds is 10. The summed E-state index contributed by atoms with van der Waals surface area (Å²) < 4.78 is 11.0. The third kappa shape index (κ3) is 5.36. The van der Waals surface area contributed by atoms with E-state index in [1.54, 1.807) is 14.2 Å². The van der Waals surface area contributed by atoms with Gasteiger partial charge in [-0.15, -0.1) is 0 Å². The first kappa shape index (κ1) is 35.8. The van der Waals surface area contributed by atoms with Crippen LogP contribution in [0.25, 0.3) is 0 Å². The summed E-state index contributed by atoms with van der Waals surface area (Å²) in [6, 6.07) is 25.2. The first-order valence-corrected chi connectivity index (χ1v) is 19.4. The number of amides is 1. The van der Waals surface area contributed by atoms with Gasteiger partial charge in [0, 0.05) is 33.9 Å². The fourth-order valence-corrected chi connectivity index (χ4v) is 12.0. The van der Waals surface area contributed by atoms with Crippen LogP contribution in [0.2, 0.25) is 0 Å². The minimum absolute atomic E-state index is 0.00425. The maximum atomic E-state index is 14.8. The van der Waals surface area contributed by atoms with Crippen LogP contribution in [0, 0.1) is 33.5 Å². The molecule has 6 aliphatic rings. The van der Waals surface area contributed by atoms with Crippen LogP contribution in [0.3, 0.4) is 0 Å². The molecule has 8 atom stereocenters. The van der Waals surface area contributed by atoms with E-state index in [4.69, 9.17) is 9.47 Å². The van der Waals surface area contributed by atoms with Gasteiger partial charge in [-0.1, -0.05) is 98.8 Å². The van der Waals surface area contributed by atoms with Crippen LogP contribution in [0.5, 0.6) is 11.5 Å². The molecule has 7 nitrogen and oxygen atoms in total. The number of carbonyl (C=O) groups excluding carboxylic acids is 2. The van der Waals surface area contributed by atoms with Crippen LogP contribution in [-0.2, 0) is 17.8 Å². The summed E-state index contributed by atoms with van der Waals surface area (Å²) in [5.74, 6) is 1.36. The molecule has 2 N–H and O–H groups in total. The number of aliphatic hydroxyl groups excluding tert-OH is 1. The van der Waals surface area contributed by atoms with Crippen LogP contribution < -0.4 is 9.47 Å². The first-order valence-electron chi connectivity index (χ1n) is 19.4. The van der Waals surface area contributed by atoms with Gasteiger partial charge in [-0.3, -0.25) is 9.59 Å². The molecule has 3 fully saturated rings. The van der Waals surface area contributed by atoms with Crippen LogP contribution in [0.15, 0.2) is 103 Å². The Bertz CT molecular complexity index is 1960. The number of hydrogen-bond donors (Lipinski definition) is 2. The Labute approximate surface area is 313 Å². The molecular formula is C46H53NO6. The lowest BCUT2D eigenvalue weighted by Crippen LogP contribution is -2.67. The fourth-order valence-electron chi connectivity index (χ4n) is 12.0. The zero-order valence-electron chi connectivity index (χ0n) is 31.5. The van der Waals surface area contributed by atoms with Crippen molar-refractivity contribution >= 4 is 11.7 Å². The van der Waals surface area contributed by atoms with E-state index < -0.39 is 22.5 Å². The van der Waals surface area contributed by atoms with Crippen LogP contribution in [-0.4, -0.2) is 59.3 Å². The van der Waals surface area contributed by atoms with E-state index in [2.05, 4.69) is 32.1 Å². The van der Waals surface area contributed by atoms with Gasteiger partial charge in [0.15, 0.2) is 17.3 Å². The van der Waals surface area contributed by atoms with E-state index in [9.17, 15) is 19.8 Å². The van der Waals surface area contributed by atoms with Crippen LogP contribution >= 0.6 is 0 Å². The summed E-state index contributed by atoms with van der Waals surface area (Å²) in [7, 11) is 3.18. The number of allylic oxidation sites excluding steroid dienone is 4. The lowest BCUT2D eigenvalue weighted by atomic mass is 9.32. The molecule has 3 aromatic rings. The number of methoxy groups -OCH3 is 2. The minimum Gasteiger partial charge on any atom is -0.493 e. The lowest BCUT2D eigenvalue weighted by Gasteiger charge is -2.71. The Morgan fingerprint density at radius 1 is 0.792 bits per heavy atom. The maximum absolute atomic E-state index is 14.8. The maximum Gasteiger partial charge on any atom is 0.227 e. The Hall–Kier alpha value is -4.20. The number of ether oxygens (including phenoxy) is 2. The van der Waals surface area contributed by atoms with Gasteiger partial charge >= 0.3 is 0 Å². The van der Waals surface area contributed by atoms with Gasteiger partial charge in [-0.05, 0) is 85.5 Å². The number of ketones is 1. The Balaban J connectivity index is 1.17. The smallest absolute Gasteiger partial charge is 0.227 e. The van der Waals surface area contributed by atoms with Crippen LogP contribution in [0.4, 0.5) is 0 Å². The van der Waals surface area contributed by atoms with Gasteiger partial charge in [-0.25, -0.2) is 0 Å². The molecule has 2 bridgehead atoms. The zero-order chi connectivity index (χ0) is 37.2. The molecule has 0 heterocycles. The van der Waals surface area contributed by atoms with Crippen molar-refractivity contribution in [3.63, 3.8) is 0 Å². The number of hydrogen-bond acceptors (Lipinski definition) is 6. The average molecular weight is 716 g/mol. The molecule has 1 amide bonds. The second-order valence-corrected chi connectivity index (χ2v) is 17.1. The summed E-state index contributed by atoms with van der Waals surface area (Å²) in [4.78, 5) is 31.0. The second-order valence-electron chi connectivity index (χ2n) is 17.1. The number of aliphatic hydroxyl groups is 2. The van der Waals surface area contributed by atoms with Crippen molar-refractivity contribution < 1.29 is 29.3 Å². The monoisotopic (exact) mass is 715 g/mol. The topological polar surface area (TPSA) is 96.3 Å². The van der Waals surface area contributed by atoms with E-state index >= 15 is 0 Å². The minimum atomic E-state index is -1.18. The highest BCUT2D eigenvalue weighted by Crippen LogP contribution is 2.78. The van der Waals surface area contributed by atoms with Crippen molar-refractivity contribution in [2.24, 2.45) is 33.5 Å². The number of carbonyl (C=O) groups is 2. The molecule has 53 heavy (non-hydrogen) atoms. The molecular weight excluding hydrogens is 663 g/mol. The molecule has 278 valence electrons. The van der Waals surface area contributed by atoms with Gasteiger partial charge in [-0.2, -0.15) is 0 Å². The van der Waals surface area contributed by atoms with E-state index in [1.807, 2.05) is 83.8 Å². The standard InChI is InChI=1S/C46H53NO6/c1-42-20-17-34(48)27-44(42)23-24-46(35(28-44)41(50)33-13-9-6-10-14-33)38(42)18-21-43(2)39(46)19-22-45(43,51)30-47(29-31-11-7-5-8-12-31)40(49)26-32-15-16-36(52-3)37(25-32)53-4/h5-16,23-25,28,34,38-39,48,51H,17-22,26-27,29-30H2,1-4H3/t34?,38-,39-,42-,43+,44+,45-,46-/m1/s1. The van der Waals surface area contributed by atoms with E-state index in [0.29, 0.717) is 36.4 Å². The van der Waals surface area contributed by atoms with E-state index in [1.165, 1.54) is 0 Å². The molecule has 0 radical (unpaired) electrons. The Morgan fingerprint density at radius 2 is 1.45 bits per heavy atom. The largest absolute Gasteiger partial charge is 0.493 e. The highest BCUT2D eigenvalue weighted by Gasteiger charge is 2.74. The van der Waals surface area contributed by atoms with E-state index in [0.717, 1.165) is 48.8 Å². The third-order valence-corrected chi connectivity index (χ3v) is 14.8. The van der Waals surface area contributed by atoms with Crippen molar-refractivity contribution in [1.82, 2.24) is 4.90 Å². The highest BCUT2D eigenvalue weighted by molar-refractivity contribution is 6.10. The predicted octanol–water partition coefficient (Wildman–Crippen LogP) is 7.75. The van der Waals surface area contributed by atoms with Crippen molar-refractivity contribution in [1.29, 1.82) is 0 Å². The van der Waals surface area contributed by atoms with Crippen LogP contribution in [0.1, 0.15) is 80.3 Å². The van der Waals surface area contributed by atoms with Crippen molar-refractivity contribution in [2.75, 3.05) is 20.8 Å². The average Bonchev–Trinajstić information content (AvgIpc) is 3.44. The Kier molecular flexibility index (Phi) is 8.77. The molecule has 3 saturated carbocycles. The fraction of sp³-hybridized carbons (Fsp3) is 0.478. The molecule has 9 rings (SSSR count). The summed E-state index contributed by atoms with van der Waals surface area (Å²) >= 11 is 0. The molecule has 0 aromatic heterocycles. The third-order valence-electron chi connectivity index (χ3n) is 14.8. The van der Waals surface area contributed by atoms with Gasteiger partial charge in [0.05, 0.1) is 38.9 Å². The molecule has 7 heteroatoms. The SMILES string of the molecule is COc1ccc(CC(=O)N(Cc2ccccc2)C[C@]2(O)CC[C@H]3[C@]45C=C[C@@]6(C=C4C(=O)c4ccccc4)CC(O)CC[C@]6(C)[C@H]5CC[C@@]32C)cc1OC. The number of fused-ring (bicyclic) bond motifs is 1. The molecule has 3 aromatic carbocycles. The molecule has 0 saturated heterocycles. The summed E-state index contributed by atoms with van der Waals surface area (Å²) in [5.41, 5.74) is 0.534. The number of nitrogens with zero attached hydrogens (tertiary/aromatic N) is 1. The van der Waals surface area contributed by atoms with Gasteiger partial charge in [0.25, 0.3) is 0 Å². The van der Waals surface area contributed by atoms with Crippen molar-refractivity contribution in [3.8, 4) is 11.5 Å². The molecule has 0 aliphatic heterocycles. The highest BCUT2D eigenvalue weighted by atomic mass is 16.5. The van der Waals surface area contributed by atoms with Gasteiger partial charge in [0.2, 0.25) is 5.91 Å². The van der Waals surface area contributed by atoms with Crippen molar-refractivity contribution in [3.05, 3.63) is 119 Å². The lowest BCUT2D eigenvalue weighted by molar-refractivity contribution is -0.178. The van der Waals surface area contributed by atoms with Crippen molar-refractivity contribution in [2.45, 2.75) is 83.5 Å². The van der Waals surface area contributed by atoms with E-state index in [-0.39, 0.29) is 47.3 Å². The quantitative estimate of drug-likeness (QED) is 0.165. The summed E-state index contributed by atoms with van der Waals surface area (Å²) in [6.07, 6.45) is 12.0. The molecule has 6 aliphatic carbocycles. The number of benzene rings is 3. The summed E-state index contributed by atoms with van der Waals surface area (Å²) in [5, 5.41) is 24.2. The Morgan fingerprint density at radius 3 is 2.17 bits per heavy atom. The molecule has 2 spiro atoms.